The predicted molar refractivity (Wildman–Crippen MR) is 72.5 cm³/mol. The lowest BCUT2D eigenvalue weighted by atomic mass is 10.0. The zero-order valence-electron chi connectivity index (χ0n) is 10.4. The van der Waals surface area contributed by atoms with Gasteiger partial charge in [-0.2, -0.15) is 8.78 Å². The van der Waals surface area contributed by atoms with E-state index in [4.69, 9.17) is 0 Å². The molecule has 2 N–H and O–H groups in total. The van der Waals surface area contributed by atoms with Crippen molar-refractivity contribution in [3.05, 3.63) is 24.3 Å². The highest BCUT2D eigenvalue weighted by Gasteiger charge is 2.17. The summed E-state index contributed by atoms with van der Waals surface area (Å²) in [5.41, 5.74) is 0.648. The first-order valence-electron chi connectivity index (χ1n) is 6.19. The van der Waals surface area contributed by atoms with Crippen LogP contribution in [0, 0.1) is 5.92 Å². The van der Waals surface area contributed by atoms with Gasteiger partial charge in [0.05, 0.1) is 0 Å². The van der Waals surface area contributed by atoms with Crippen LogP contribution in [0.3, 0.4) is 0 Å². The van der Waals surface area contributed by atoms with Crippen LogP contribution in [0.5, 0.6) is 0 Å². The molecule has 1 aliphatic rings. The lowest BCUT2D eigenvalue weighted by Crippen LogP contribution is -2.18. The molecule has 1 heterocycles. The van der Waals surface area contributed by atoms with Gasteiger partial charge in [0.15, 0.2) is 0 Å². The summed E-state index contributed by atoms with van der Waals surface area (Å²) in [5.74, 6) is -2.05. The molecule has 3 nitrogen and oxygen atoms in total. The van der Waals surface area contributed by atoms with Crippen molar-refractivity contribution in [2.45, 2.75) is 23.5 Å². The average molecular weight is 286 g/mol. The summed E-state index contributed by atoms with van der Waals surface area (Å²) in [4.78, 5) is 12.3. The smallest absolute Gasteiger partial charge is 0.288 e. The van der Waals surface area contributed by atoms with E-state index in [1.165, 1.54) is 0 Å². The monoisotopic (exact) mass is 286 g/mol. The van der Waals surface area contributed by atoms with Crippen molar-refractivity contribution in [2.24, 2.45) is 5.92 Å². The summed E-state index contributed by atoms with van der Waals surface area (Å²) in [6.07, 6.45) is 1.53. The maximum atomic E-state index is 12.1. The van der Waals surface area contributed by atoms with E-state index in [0.717, 1.165) is 19.5 Å². The number of rotatable bonds is 5. The summed E-state index contributed by atoms with van der Waals surface area (Å²) in [5, 5.41) is 6.00. The average Bonchev–Trinajstić information content (AvgIpc) is 2.83. The number of hydrogen-bond acceptors (Lipinski definition) is 3. The number of hydrogen-bond donors (Lipinski definition) is 2. The van der Waals surface area contributed by atoms with Gasteiger partial charge in [-0.3, -0.25) is 4.79 Å². The Hall–Kier alpha value is -1.14. The SMILES string of the molecule is O=C(CC1CCNC1)Nc1ccc(SC(F)F)cc1. The Kier molecular flexibility index (Phi) is 5.15. The topological polar surface area (TPSA) is 41.1 Å². The van der Waals surface area contributed by atoms with E-state index in [0.29, 0.717) is 34.7 Å². The molecule has 6 heteroatoms. The molecule has 0 bridgehead atoms. The maximum Gasteiger partial charge on any atom is 0.288 e. The summed E-state index contributed by atoms with van der Waals surface area (Å²) >= 11 is 0.498. The van der Waals surface area contributed by atoms with Gasteiger partial charge < -0.3 is 10.6 Å². The van der Waals surface area contributed by atoms with Crippen molar-refractivity contribution in [3.8, 4) is 0 Å². The highest BCUT2D eigenvalue weighted by molar-refractivity contribution is 7.99. The summed E-state index contributed by atoms with van der Waals surface area (Å²) in [6.45, 7) is 1.86. The fourth-order valence-corrected chi connectivity index (χ4v) is 2.58. The fraction of sp³-hybridized carbons (Fsp3) is 0.462. The van der Waals surface area contributed by atoms with Crippen LogP contribution in [0.2, 0.25) is 0 Å². The van der Waals surface area contributed by atoms with Crippen molar-refractivity contribution < 1.29 is 13.6 Å². The third-order valence-corrected chi connectivity index (χ3v) is 3.72. The normalized spacial score (nSPS) is 18.8. The van der Waals surface area contributed by atoms with Gasteiger partial charge in [-0.05, 0) is 49.7 Å². The van der Waals surface area contributed by atoms with E-state index in [9.17, 15) is 13.6 Å². The molecule has 2 rings (SSSR count). The van der Waals surface area contributed by atoms with Crippen LogP contribution in [0.15, 0.2) is 29.2 Å². The van der Waals surface area contributed by atoms with Gasteiger partial charge in [0.2, 0.25) is 5.91 Å². The fourth-order valence-electron chi connectivity index (χ4n) is 2.08. The molecule has 1 unspecified atom stereocenters. The molecule has 1 amide bonds. The second kappa shape index (κ2) is 6.86. The Bertz CT molecular complexity index is 419. The molecular formula is C13H16F2N2OS. The molecule has 0 radical (unpaired) electrons. The first-order chi connectivity index (χ1) is 9.13. The first kappa shape index (κ1) is 14.3. The van der Waals surface area contributed by atoms with Crippen LogP contribution in [0.1, 0.15) is 12.8 Å². The van der Waals surface area contributed by atoms with Crippen LogP contribution < -0.4 is 10.6 Å². The minimum absolute atomic E-state index is 0.0250. The number of carbonyl (C=O) groups excluding carboxylic acids is 1. The number of amides is 1. The van der Waals surface area contributed by atoms with E-state index >= 15 is 0 Å². The van der Waals surface area contributed by atoms with Crippen molar-refractivity contribution >= 4 is 23.4 Å². The number of anilines is 1. The Labute approximate surface area is 115 Å². The number of thioether (sulfide) groups is 1. The number of nitrogens with one attached hydrogen (secondary N) is 2. The largest absolute Gasteiger partial charge is 0.326 e. The standard InChI is InChI=1S/C13H16F2N2OS/c14-13(15)19-11-3-1-10(2-4-11)17-12(18)7-9-5-6-16-8-9/h1-4,9,13,16H,5-8H2,(H,17,18). The number of carbonyl (C=O) groups is 1. The third-order valence-electron chi connectivity index (χ3n) is 3.00. The molecule has 104 valence electrons. The van der Waals surface area contributed by atoms with Gasteiger partial charge in [-0.25, -0.2) is 0 Å². The van der Waals surface area contributed by atoms with Crippen molar-refractivity contribution in [2.75, 3.05) is 18.4 Å². The molecule has 1 atom stereocenters. The minimum Gasteiger partial charge on any atom is -0.326 e. The molecule has 19 heavy (non-hydrogen) atoms. The molecule has 0 aliphatic carbocycles. The van der Waals surface area contributed by atoms with Gasteiger partial charge in [-0.1, -0.05) is 11.8 Å². The van der Waals surface area contributed by atoms with Gasteiger partial charge in [0.25, 0.3) is 5.76 Å². The lowest BCUT2D eigenvalue weighted by Gasteiger charge is -2.09. The van der Waals surface area contributed by atoms with Gasteiger partial charge >= 0.3 is 0 Å². The number of benzene rings is 1. The molecule has 0 spiro atoms. The quantitative estimate of drug-likeness (QED) is 0.818. The van der Waals surface area contributed by atoms with Crippen LogP contribution in [-0.2, 0) is 4.79 Å². The highest BCUT2D eigenvalue weighted by Crippen LogP contribution is 2.26. The first-order valence-corrected chi connectivity index (χ1v) is 7.07. The number of alkyl halides is 2. The summed E-state index contributed by atoms with van der Waals surface area (Å²) in [6, 6.07) is 6.47. The van der Waals surface area contributed by atoms with Crippen LogP contribution in [0.4, 0.5) is 14.5 Å². The molecule has 0 aromatic heterocycles. The second-order valence-electron chi connectivity index (χ2n) is 4.51. The summed E-state index contributed by atoms with van der Waals surface area (Å²) < 4.78 is 24.3. The Morgan fingerprint density at radius 2 is 2.16 bits per heavy atom. The van der Waals surface area contributed by atoms with E-state index in [1.807, 2.05) is 0 Å². The van der Waals surface area contributed by atoms with E-state index in [2.05, 4.69) is 10.6 Å². The van der Waals surface area contributed by atoms with Crippen LogP contribution >= 0.6 is 11.8 Å². The number of halogens is 2. The van der Waals surface area contributed by atoms with Gasteiger partial charge in [-0.15, -0.1) is 0 Å². The van der Waals surface area contributed by atoms with E-state index in [-0.39, 0.29) is 5.91 Å². The zero-order valence-corrected chi connectivity index (χ0v) is 11.2. The Balaban J connectivity index is 1.82. The highest BCUT2D eigenvalue weighted by atomic mass is 32.2. The minimum atomic E-state index is -2.42. The molecule has 0 saturated carbocycles. The second-order valence-corrected chi connectivity index (χ2v) is 5.58. The van der Waals surface area contributed by atoms with Gasteiger partial charge in [0, 0.05) is 17.0 Å². The lowest BCUT2D eigenvalue weighted by molar-refractivity contribution is -0.116. The van der Waals surface area contributed by atoms with E-state index < -0.39 is 5.76 Å². The predicted octanol–water partition coefficient (Wildman–Crippen LogP) is 2.94. The van der Waals surface area contributed by atoms with Crippen molar-refractivity contribution in [1.29, 1.82) is 0 Å². The molecule has 1 aliphatic heterocycles. The molecule has 1 fully saturated rings. The van der Waals surface area contributed by atoms with Crippen molar-refractivity contribution in [1.82, 2.24) is 5.32 Å². The molecule has 1 aromatic rings. The molecule has 1 saturated heterocycles. The summed E-state index contributed by atoms with van der Waals surface area (Å²) in [7, 11) is 0. The van der Waals surface area contributed by atoms with Crippen LogP contribution in [-0.4, -0.2) is 24.8 Å². The third kappa shape index (κ3) is 4.80. The molecule has 1 aromatic carbocycles. The maximum absolute atomic E-state index is 12.1. The Morgan fingerprint density at radius 3 is 2.74 bits per heavy atom. The van der Waals surface area contributed by atoms with Crippen LogP contribution in [0.25, 0.3) is 0 Å². The Morgan fingerprint density at radius 1 is 1.42 bits per heavy atom. The zero-order chi connectivity index (χ0) is 13.7. The van der Waals surface area contributed by atoms with E-state index in [1.54, 1.807) is 24.3 Å². The van der Waals surface area contributed by atoms with Gasteiger partial charge in [0.1, 0.15) is 0 Å². The van der Waals surface area contributed by atoms with Crippen molar-refractivity contribution in [3.63, 3.8) is 0 Å². The molecular weight excluding hydrogens is 270 g/mol.